The molecule has 29 heavy (non-hydrogen) atoms. The number of nitrogens with one attached hydrogen (secondary N) is 1. The molecule has 0 aliphatic carbocycles. The van der Waals surface area contributed by atoms with Gasteiger partial charge in [-0.2, -0.15) is 9.78 Å². The van der Waals surface area contributed by atoms with Crippen molar-refractivity contribution in [2.75, 3.05) is 5.73 Å². The first-order chi connectivity index (χ1) is 14.1. The van der Waals surface area contributed by atoms with Gasteiger partial charge in [0, 0.05) is 5.56 Å². The Morgan fingerprint density at radius 2 is 1.90 bits per heavy atom. The van der Waals surface area contributed by atoms with E-state index >= 15 is 0 Å². The van der Waals surface area contributed by atoms with Gasteiger partial charge in [0.1, 0.15) is 11.4 Å². The molecule has 11 nitrogen and oxygen atoms in total. The molecule has 4 rings (SSSR count). The number of aromatic nitrogens is 5. The van der Waals surface area contributed by atoms with E-state index in [-0.39, 0.29) is 23.1 Å². The van der Waals surface area contributed by atoms with Crippen LogP contribution in [-0.4, -0.2) is 42.5 Å². The maximum absolute atomic E-state index is 12.7. The van der Waals surface area contributed by atoms with E-state index in [1.54, 1.807) is 24.3 Å². The van der Waals surface area contributed by atoms with Crippen LogP contribution in [0.3, 0.4) is 0 Å². The highest BCUT2D eigenvalue weighted by Crippen LogP contribution is 2.26. The van der Waals surface area contributed by atoms with Gasteiger partial charge in [-0.15, -0.1) is 5.10 Å². The van der Waals surface area contributed by atoms with Crippen LogP contribution in [0.1, 0.15) is 16.1 Å². The molecule has 0 aliphatic rings. The highest BCUT2D eigenvalue weighted by Gasteiger charge is 2.24. The molecule has 4 N–H and O–H groups in total. The van der Waals surface area contributed by atoms with Crippen LogP contribution in [0, 0.1) is 0 Å². The summed E-state index contributed by atoms with van der Waals surface area (Å²) in [5.41, 5.74) is 9.89. The minimum absolute atomic E-state index is 0.00407. The van der Waals surface area contributed by atoms with Crippen molar-refractivity contribution in [2.45, 2.75) is 0 Å². The lowest BCUT2D eigenvalue weighted by Crippen LogP contribution is -2.19. The van der Waals surface area contributed by atoms with E-state index in [2.05, 4.69) is 35.8 Å². The summed E-state index contributed by atoms with van der Waals surface area (Å²) in [5, 5.41) is 28.4. The Kier molecular flexibility index (Phi) is 4.68. The van der Waals surface area contributed by atoms with Crippen LogP contribution in [-0.2, 0) is 0 Å². The molecule has 0 atom stereocenters. The summed E-state index contributed by atoms with van der Waals surface area (Å²) in [5.74, 6) is -0.329. The Morgan fingerprint density at radius 3 is 2.59 bits per heavy atom. The molecule has 2 heterocycles. The fraction of sp³-hybridized carbons (Fsp3) is 0. The SMILES string of the molecule is Nc1nonc1-n1nnc(C(=O)NN=Cc2ccc(O)cc2)c1-c1ccccc1. The topological polar surface area (TPSA) is 157 Å². The number of aromatic hydroxyl groups is 1. The van der Waals surface area contributed by atoms with Crippen LogP contribution in [0.25, 0.3) is 17.1 Å². The van der Waals surface area contributed by atoms with E-state index < -0.39 is 5.91 Å². The van der Waals surface area contributed by atoms with E-state index in [9.17, 15) is 9.90 Å². The summed E-state index contributed by atoms with van der Waals surface area (Å²) >= 11 is 0. The van der Waals surface area contributed by atoms with Crippen molar-refractivity contribution >= 4 is 17.9 Å². The number of carbonyl (C=O) groups excluding carboxylic acids is 1. The van der Waals surface area contributed by atoms with Crippen LogP contribution in [0.2, 0.25) is 0 Å². The summed E-state index contributed by atoms with van der Waals surface area (Å²) in [4.78, 5) is 12.7. The maximum Gasteiger partial charge on any atom is 0.294 e. The number of nitrogens with two attached hydrogens (primary N) is 1. The van der Waals surface area contributed by atoms with Gasteiger partial charge < -0.3 is 10.8 Å². The molecule has 2 aromatic heterocycles. The van der Waals surface area contributed by atoms with Crippen LogP contribution in [0.15, 0.2) is 64.3 Å². The van der Waals surface area contributed by atoms with Crippen molar-refractivity contribution < 1.29 is 14.5 Å². The quantitative estimate of drug-likeness (QED) is 0.340. The molecule has 0 saturated carbocycles. The standard InChI is InChI=1S/C18H14N8O3/c19-16-17(24-29-23-16)26-15(12-4-2-1-3-5-12)14(21-25-26)18(28)22-20-10-11-6-8-13(27)9-7-11/h1-10,27H,(H2,19,23)(H,22,28). The van der Waals surface area contributed by atoms with Crippen LogP contribution >= 0.6 is 0 Å². The summed E-state index contributed by atoms with van der Waals surface area (Å²) in [6.07, 6.45) is 1.43. The van der Waals surface area contributed by atoms with E-state index in [4.69, 9.17) is 5.73 Å². The molecule has 0 bridgehead atoms. The van der Waals surface area contributed by atoms with Crippen LogP contribution in [0.4, 0.5) is 5.82 Å². The second-order valence-electron chi connectivity index (χ2n) is 5.83. The number of phenolic OH excluding ortho intramolecular Hbond substituents is 1. The Morgan fingerprint density at radius 1 is 1.14 bits per heavy atom. The Balaban J connectivity index is 1.66. The molecule has 1 amide bonds. The summed E-state index contributed by atoms with van der Waals surface area (Å²) in [6, 6.07) is 15.4. The lowest BCUT2D eigenvalue weighted by Gasteiger charge is -2.05. The molecule has 144 valence electrons. The van der Waals surface area contributed by atoms with Gasteiger partial charge in [0.15, 0.2) is 5.69 Å². The predicted octanol–water partition coefficient (Wildman–Crippen LogP) is 1.37. The minimum Gasteiger partial charge on any atom is -0.508 e. The number of hydrogen-bond donors (Lipinski definition) is 3. The minimum atomic E-state index is -0.583. The zero-order valence-electron chi connectivity index (χ0n) is 14.8. The molecule has 0 aliphatic heterocycles. The number of hydrogen-bond acceptors (Lipinski definition) is 9. The molecule has 4 aromatic rings. The van der Waals surface area contributed by atoms with Gasteiger partial charge in [0.05, 0.1) is 6.21 Å². The molecule has 0 unspecified atom stereocenters. The summed E-state index contributed by atoms with van der Waals surface area (Å²) < 4.78 is 5.90. The fourth-order valence-corrected chi connectivity index (χ4v) is 2.55. The number of rotatable bonds is 5. The van der Waals surface area contributed by atoms with Gasteiger partial charge in [-0.3, -0.25) is 4.79 Å². The summed E-state index contributed by atoms with van der Waals surface area (Å²) in [6.45, 7) is 0. The molecular formula is C18H14N8O3. The number of nitrogen functional groups attached to an aromatic ring is 1. The number of benzene rings is 2. The normalized spacial score (nSPS) is 11.0. The van der Waals surface area contributed by atoms with Gasteiger partial charge in [0.2, 0.25) is 11.6 Å². The largest absolute Gasteiger partial charge is 0.508 e. The number of amides is 1. The van der Waals surface area contributed by atoms with Gasteiger partial charge in [-0.25, -0.2) is 10.1 Å². The van der Waals surface area contributed by atoms with Gasteiger partial charge in [-0.1, -0.05) is 35.5 Å². The van der Waals surface area contributed by atoms with E-state index in [0.29, 0.717) is 16.8 Å². The zero-order valence-corrected chi connectivity index (χ0v) is 14.8. The molecule has 0 radical (unpaired) electrons. The van der Waals surface area contributed by atoms with E-state index in [1.165, 1.54) is 23.0 Å². The zero-order chi connectivity index (χ0) is 20.2. The Hall–Kier alpha value is -4.54. The summed E-state index contributed by atoms with van der Waals surface area (Å²) in [7, 11) is 0. The van der Waals surface area contributed by atoms with Gasteiger partial charge in [0.25, 0.3) is 5.91 Å². The average molecular weight is 390 g/mol. The molecule has 0 spiro atoms. The predicted molar refractivity (Wildman–Crippen MR) is 102 cm³/mol. The molecular weight excluding hydrogens is 376 g/mol. The van der Waals surface area contributed by atoms with Crippen molar-refractivity contribution in [3.63, 3.8) is 0 Å². The van der Waals surface area contributed by atoms with Crippen molar-refractivity contribution in [1.29, 1.82) is 0 Å². The third-order valence-electron chi connectivity index (χ3n) is 3.90. The number of nitrogens with zero attached hydrogens (tertiary/aromatic N) is 6. The molecule has 0 saturated heterocycles. The second kappa shape index (κ2) is 7.60. The third-order valence-corrected chi connectivity index (χ3v) is 3.90. The van der Waals surface area contributed by atoms with Crippen molar-refractivity contribution in [2.24, 2.45) is 5.10 Å². The molecule has 2 aromatic carbocycles. The van der Waals surface area contributed by atoms with Crippen molar-refractivity contribution in [3.8, 4) is 22.8 Å². The van der Waals surface area contributed by atoms with Crippen molar-refractivity contribution in [1.82, 2.24) is 30.7 Å². The van der Waals surface area contributed by atoms with Crippen LogP contribution in [0.5, 0.6) is 5.75 Å². The first-order valence-corrected chi connectivity index (χ1v) is 8.35. The van der Waals surface area contributed by atoms with Gasteiger partial charge in [-0.05, 0) is 40.1 Å². The first-order valence-electron chi connectivity index (χ1n) is 8.35. The Labute approximate surface area is 163 Å². The number of carbonyl (C=O) groups is 1. The Bertz CT molecular complexity index is 1170. The molecule has 11 heteroatoms. The first kappa shape index (κ1) is 17.9. The van der Waals surface area contributed by atoms with Crippen molar-refractivity contribution in [3.05, 3.63) is 65.9 Å². The maximum atomic E-state index is 12.7. The number of phenols is 1. The third kappa shape index (κ3) is 3.64. The number of hydrazone groups is 1. The second-order valence-corrected chi connectivity index (χ2v) is 5.83. The lowest BCUT2D eigenvalue weighted by atomic mass is 10.1. The van der Waals surface area contributed by atoms with Crippen LogP contribution < -0.4 is 11.2 Å². The fourth-order valence-electron chi connectivity index (χ4n) is 2.55. The van der Waals surface area contributed by atoms with E-state index in [1.807, 2.05) is 18.2 Å². The van der Waals surface area contributed by atoms with Gasteiger partial charge >= 0.3 is 0 Å². The highest BCUT2D eigenvalue weighted by molar-refractivity contribution is 5.98. The molecule has 0 fully saturated rings. The average Bonchev–Trinajstić information content (AvgIpc) is 3.36. The smallest absolute Gasteiger partial charge is 0.294 e. The van der Waals surface area contributed by atoms with E-state index in [0.717, 1.165) is 0 Å². The monoisotopic (exact) mass is 390 g/mol. The lowest BCUT2D eigenvalue weighted by molar-refractivity contribution is 0.0950. The highest BCUT2D eigenvalue weighted by atomic mass is 16.6. The number of anilines is 1.